The maximum Gasteiger partial charge on any atom is 0.305 e. The van der Waals surface area contributed by atoms with Gasteiger partial charge >= 0.3 is 5.97 Å². The van der Waals surface area contributed by atoms with Gasteiger partial charge in [-0.1, -0.05) is 97.1 Å². The van der Waals surface area contributed by atoms with Crippen LogP contribution in [0.5, 0.6) is 0 Å². The summed E-state index contributed by atoms with van der Waals surface area (Å²) >= 11 is 0. The number of hydrogen-bond donors (Lipinski definition) is 1. The van der Waals surface area contributed by atoms with E-state index < -0.39 is 11.6 Å². The lowest BCUT2D eigenvalue weighted by Gasteiger charge is -2.48. The molecule has 2 fully saturated rings. The maximum atomic E-state index is 13.0. The largest absolute Gasteiger partial charge is 0.466 e. The van der Waals surface area contributed by atoms with Crippen molar-refractivity contribution in [2.24, 2.45) is 0 Å². The molecule has 226 valence electrons. The van der Waals surface area contributed by atoms with Crippen LogP contribution in [0, 0.1) is 0 Å². The quantitative estimate of drug-likeness (QED) is 0.205. The number of nitrogens with zero attached hydrogens (tertiary/aromatic N) is 3. The standard InChI is InChI=1S/C36H43N3O4/c1-2-43-35(42)19-12-22-37-25-26-38(34(41)28-37)23-20-29-27-39(24-21-33(29)40)36(30-13-6-3-7-14-30,31-15-8-4-9-16-31)32-17-10-5-11-18-32/h3-11,13-18,20,33,40H,2,12,19,21-28H2,1H3. The van der Waals surface area contributed by atoms with Crippen LogP contribution >= 0.6 is 0 Å². The normalized spacial score (nSPS) is 19.5. The molecular weight excluding hydrogens is 538 g/mol. The highest BCUT2D eigenvalue weighted by atomic mass is 16.5. The number of benzene rings is 3. The highest BCUT2D eigenvalue weighted by Gasteiger charge is 2.44. The fourth-order valence-electron chi connectivity index (χ4n) is 6.49. The summed E-state index contributed by atoms with van der Waals surface area (Å²) in [6, 6.07) is 31.9. The van der Waals surface area contributed by atoms with Crippen molar-refractivity contribution in [3.8, 4) is 0 Å². The first-order valence-corrected chi connectivity index (χ1v) is 15.5. The van der Waals surface area contributed by atoms with E-state index in [4.69, 9.17) is 4.74 Å². The first-order valence-electron chi connectivity index (χ1n) is 15.5. The number of carbonyl (C=O) groups excluding carboxylic acids is 2. The summed E-state index contributed by atoms with van der Waals surface area (Å²) in [6.07, 6.45) is 3.19. The van der Waals surface area contributed by atoms with Gasteiger partial charge in [0.2, 0.25) is 5.91 Å². The van der Waals surface area contributed by atoms with E-state index in [2.05, 4.69) is 88.7 Å². The van der Waals surface area contributed by atoms with Crippen molar-refractivity contribution in [3.05, 3.63) is 119 Å². The Bertz CT molecular complexity index is 1270. The molecule has 0 radical (unpaired) electrons. The van der Waals surface area contributed by atoms with Crippen LogP contribution in [0.15, 0.2) is 103 Å². The Kier molecular flexibility index (Phi) is 10.4. The summed E-state index contributed by atoms with van der Waals surface area (Å²) in [5.74, 6) is -0.108. The first-order chi connectivity index (χ1) is 21.0. The third-order valence-corrected chi connectivity index (χ3v) is 8.66. The van der Waals surface area contributed by atoms with Crippen LogP contribution in [0.3, 0.4) is 0 Å². The lowest BCUT2D eigenvalue weighted by atomic mass is 9.74. The molecule has 0 aromatic heterocycles. The van der Waals surface area contributed by atoms with Gasteiger partial charge in [0.05, 0.1) is 24.8 Å². The zero-order valence-corrected chi connectivity index (χ0v) is 25.1. The lowest BCUT2D eigenvalue weighted by molar-refractivity contribution is -0.143. The minimum atomic E-state index is -0.548. The van der Waals surface area contributed by atoms with Crippen molar-refractivity contribution in [1.82, 2.24) is 14.7 Å². The van der Waals surface area contributed by atoms with Gasteiger partial charge in [-0.25, -0.2) is 0 Å². The molecule has 2 heterocycles. The van der Waals surface area contributed by atoms with Crippen molar-refractivity contribution in [1.29, 1.82) is 0 Å². The summed E-state index contributed by atoms with van der Waals surface area (Å²) in [6.45, 7) is 6.43. The smallest absolute Gasteiger partial charge is 0.305 e. The van der Waals surface area contributed by atoms with Crippen molar-refractivity contribution >= 4 is 11.9 Å². The zero-order chi connectivity index (χ0) is 30.1. The Morgan fingerprint density at radius 2 is 1.47 bits per heavy atom. The van der Waals surface area contributed by atoms with E-state index in [1.165, 1.54) is 16.7 Å². The number of likely N-dealkylation sites (tertiary alicyclic amines) is 1. The molecular formula is C36H43N3O4. The highest BCUT2D eigenvalue weighted by molar-refractivity contribution is 5.79. The van der Waals surface area contributed by atoms with Crippen molar-refractivity contribution in [2.75, 3.05) is 52.4 Å². The van der Waals surface area contributed by atoms with Gasteiger partial charge in [-0.2, -0.15) is 0 Å². The van der Waals surface area contributed by atoms with Gasteiger partial charge in [-0.15, -0.1) is 0 Å². The number of hydrogen-bond acceptors (Lipinski definition) is 6. The van der Waals surface area contributed by atoms with Gasteiger partial charge < -0.3 is 14.7 Å². The Labute approximate surface area is 255 Å². The average Bonchev–Trinajstić information content (AvgIpc) is 3.04. The van der Waals surface area contributed by atoms with Crippen LogP contribution in [-0.4, -0.2) is 90.2 Å². The van der Waals surface area contributed by atoms with E-state index >= 15 is 0 Å². The van der Waals surface area contributed by atoms with E-state index in [1.807, 2.05) is 23.1 Å². The van der Waals surface area contributed by atoms with Crippen molar-refractivity contribution in [3.63, 3.8) is 0 Å². The first kappa shape index (κ1) is 30.7. The number of ether oxygens (including phenoxy) is 1. The van der Waals surface area contributed by atoms with Crippen LogP contribution in [-0.2, 0) is 19.9 Å². The van der Waals surface area contributed by atoms with Gasteiger partial charge in [0.25, 0.3) is 0 Å². The molecule has 2 aliphatic rings. The summed E-state index contributed by atoms with van der Waals surface area (Å²) in [5.41, 5.74) is 3.93. The van der Waals surface area contributed by atoms with E-state index in [1.54, 1.807) is 6.92 Å². The summed E-state index contributed by atoms with van der Waals surface area (Å²) in [5, 5.41) is 11.1. The molecule has 0 spiro atoms. The number of aliphatic hydroxyl groups is 1. The Hall–Kier alpha value is -3.78. The van der Waals surface area contributed by atoms with Gasteiger partial charge in [-0.05, 0) is 48.6 Å². The molecule has 2 aliphatic heterocycles. The molecule has 7 heteroatoms. The van der Waals surface area contributed by atoms with Gasteiger partial charge in [-0.3, -0.25) is 19.4 Å². The molecule has 3 aromatic rings. The van der Waals surface area contributed by atoms with Crippen LogP contribution in [0.1, 0.15) is 42.9 Å². The molecule has 5 rings (SSSR count). The predicted molar refractivity (Wildman–Crippen MR) is 168 cm³/mol. The predicted octanol–water partition coefficient (Wildman–Crippen LogP) is 4.46. The monoisotopic (exact) mass is 581 g/mol. The van der Waals surface area contributed by atoms with Gasteiger partial charge in [0.15, 0.2) is 0 Å². The number of esters is 1. The molecule has 43 heavy (non-hydrogen) atoms. The summed E-state index contributed by atoms with van der Waals surface area (Å²) in [4.78, 5) is 31.1. The van der Waals surface area contributed by atoms with E-state index in [0.717, 1.165) is 18.7 Å². The van der Waals surface area contributed by atoms with Crippen LogP contribution in [0.2, 0.25) is 0 Å². The van der Waals surface area contributed by atoms with Crippen molar-refractivity contribution < 1.29 is 19.4 Å². The summed E-state index contributed by atoms with van der Waals surface area (Å²) < 4.78 is 5.01. The molecule has 3 aromatic carbocycles. The number of aliphatic hydroxyl groups excluding tert-OH is 1. The Morgan fingerprint density at radius 3 is 2.00 bits per heavy atom. The number of rotatable bonds is 11. The second-order valence-corrected chi connectivity index (χ2v) is 11.3. The second-order valence-electron chi connectivity index (χ2n) is 11.3. The fourth-order valence-corrected chi connectivity index (χ4v) is 6.49. The summed E-state index contributed by atoms with van der Waals surface area (Å²) in [7, 11) is 0. The van der Waals surface area contributed by atoms with Crippen LogP contribution in [0.4, 0.5) is 0 Å². The molecule has 2 saturated heterocycles. The molecule has 7 nitrogen and oxygen atoms in total. The lowest BCUT2D eigenvalue weighted by Crippen LogP contribution is -2.53. The third-order valence-electron chi connectivity index (χ3n) is 8.66. The molecule has 1 atom stereocenters. The molecule has 0 saturated carbocycles. The minimum Gasteiger partial charge on any atom is -0.466 e. The topological polar surface area (TPSA) is 73.3 Å². The SMILES string of the molecule is CCOC(=O)CCCN1CCN(CC=C2CN(C(c3ccccc3)(c3ccccc3)c3ccccc3)CCC2O)C(=O)C1. The van der Waals surface area contributed by atoms with Gasteiger partial charge in [0, 0.05) is 39.1 Å². The van der Waals surface area contributed by atoms with Crippen molar-refractivity contribution in [2.45, 2.75) is 37.8 Å². The van der Waals surface area contributed by atoms with Crippen LogP contribution < -0.4 is 0 Å². The van der Waals surface area contributed by atoms with Crippen LogP contribution in [0.25, 0.3) is 0 Å². The molecule has 1 amide bonds. The molecule has 0 aliphatic carbocycles. The minimum absolute atomic E-state index is 0.0774. The molecule has 1 N–H and O–H groups in total. The van der Waals surface area contributed by atoms with E-state index in [0.29, 0.717) is 58.6 Å². The third kappa shape index (κ3) is 7.07. The van der Waals surface area contributed by atoms with Gasteiger partial charge in [0.1, 0.15) is 0 Å². The second kappa shape index (κ2) is 14.6. The fraction of sp³-hybridized carbons (Fsp3) is 0.389. The Morgan fingerprint density at radius 1 is 0.884 bits per heavy atom. The number of piperidine rings is 1. The van der Waals surface area contributed by atoms with E-state index in [9.17, 15) is 14.7 Å². The number of piperazine rings is 1. The maximum absolute atomic E-state index is 13.0. The number of carbonyl (C=O) groups is 2. The average molecular weight is 582 g/mol. The van der Waals surface area contributed by atoms with E-state index in [-0.39, 0.29) is 11.9 Å². The zero-order valence-electron chi connectivity index (χ0n) is 25.1. The highest BCUT2D eigenvalue weighted by Crippen LogP contribution is 2.44. The molecule has 0 bridgehead atoms. The number of amides is 1. The molecule has 1 unspecified atom stereocenters. The Balaban J connectivity index is 1.35.